The highest BCUT2D eigenvalue weighted by atomic mass is 32.2. The summed E-state index contributed by atoms with van der Waals surface area (Å²) < 4.78 is 39.6. The normalized spacial score (nSPS) is 11.2. The number of hydrogen-bond donors (Lipinski definition) is 1. The fraction of sp³-hybridized carbons (Fsp3) is 0.161. The molecule has 206 valence electrons. The van der Waals surface area contributed by atoms with Gasteiger partial charge < -0.3 is 9.47 Å². The molecule has 8 nitrogen and oxygen atoms in total. The Labute approximate surface area is 234 Å². The van der Waals surface area contributed by atoms with Gasteiger partial charge in [0.05, 0.1) is 23.4 Å². The summed E-state index contributed by atoms with van der Waals surface area (Å²) in [5.41, 5.74) is 5.39. The van der Waals surface area contributed by atoms with Crippen molar-refractivity contribution in [3.63, 3.8) is 0 Å². The fourth-order valence-corrected chi connectivity index (χ4v) is 5.32. The van der Waals surface area contributed by atoms with E-state index in [1.54, 1.807) is 54.6 Å². The van der Waals surface area contributed by atoms with E-state index in [1.807, 2.05) is 50.2 Å². The van der Waals surface area contributed by atoms with E-state index in [4.69, 9.17) is 9.47 Å². The topological polar surface area (TPSA) is 97.3 Å². The van der Waals surface area contributed by atoms with Crippen LogP contribution in [0.4, 0.5) is 5.69 Å². The van der Waals surface area contributed by atoms with Gasteiger partial charge in [-0.25, -0.2) is 13.8 Å². The highest BCUT2D eigenvalue weighted by molar-refractivity contribution is 7.92. The number of amides is 1. The van der Waals surface area contributed by atoms with Crippen LogP contribution in [-0.4, -0.2) is 33.7 Å². The zero-order valence-electron chi connectivity index (χ0n) is 22.4. The van der Waals surface area contributed by atoms with Crippen LogP contribution in [0.1, 0.15) is 23.6 Å². The van der Waals surface area contributed by atoms with E-state index in [0.717, 1.165) is 15.4 Å². The maximum absolute atomic E-state index is 13.4. The summed E-state index contributed by atoms with van der Waals surface area (Å²) in [6.45, 7) is 4.13. The van der Waals surface area contributed by atoms with Crippen molar-refractivity contribution in [2.45, 2.75) is 25.3 Å². The van der Waals surface area contributed by atoms with Crippen LogP contribution in [0.2, 0.25) is 0 Å². The number of aryl methyl sites for hydroxylation is 1. The first-order chi connectivity index (χ1) is 19.4. The monoisotopic (exact) mass is 557 g/mol. The number of carbonyl (C=O) groups is 1. The summed E-state index contributed by atoms with van der Waals surface area (Å²) in [6, 6.07) is 30.1. The molecule has 4 rings (SSSR count). The van der Waals surface area contributed by atoms with Gasteiger partial charge in [0.15, 0.2) is 11.5 Å². The summed E-state index contributed by atoms with van der Waals surface area (Å²) in [4.78, 5) is 12.9. The van der Waals surface area contributed by atoms with Crippen LogP contribution in [0, 0.1) is 6.92 Å². The summed E-state index contributed by atoms with van der Waals surface area (Å²) in [5.74, 6) is 0.546. The van der Waals surface area contributed by atoms with Gasteiger partial charge in [-0.15, -0.1) is 0 Å². The number of sulfonamides is 1. The number of carbonyl (C=O) groups excluding carboxylic acids is 1. The highest BCUT2D eigenvalue weighted by Gasteiger charge is 2.27. The predicted octanol–water partition coefficient (Wildman–Crippen LogP) is 5.32. The molecule has 0 saturated carbocycles. The molecule has 0 aliphatic rings. The third kappa shape index (κ3) is 7.48. The van der Waals surface area contributed by atoms with Crippen molar-refractivity contribution in [2.75, 3.05) is 17.5 Å². The van der Waals surface area contributed by atoms with E-state index < -0.39 is 22.5 Å². The first-order valence-electron chi connectivity index (χ1n) is 12.8. The second kappa shape index (κ2) is 13.4. The van der Waals surface area contributed by atoms with Gasteiger partial charge in [0.25, 0.3) is 15.9 Å². The number of rotatable bonds is 12. The average molecular weight is 558 g/mol. The van der Waals surface area contributed by atoms with Crippen LogP contribution in [0.25, 0.3) is 0 Å². The molecule has 0 unspecified atom stereocenters. The van der Waals surface area contributed by atoms with Crippen LogP contribution in [0.3, 0.4) is 0 Å². The molecule has 1 N–H and O–H groups in total. The van der Waals surface area contributed by atoms with E-state index >= 15 is 0 Å². The molecule has 0 atom stereocenters. The van der Waals surface area contributed by atoms with E-state index in [1.165, 1.54) is 18.3 Å². The molecule has 0 aliphatic heterocycles. The standard InChI is InChI=1S/C31H31N3O5S/c1-3-38-30-20-26(17-18-29(30)39-23-25-12-6-4-7-13-25)21-32-33-31(35)22-34(27-14-10-11-24(2)19-27)40(36,37)28-15-8-5-9-16-28/h4-21H,3,22-23H2,1-2H3,(H,33,35)/b32-21+. The first kappa shape index (κ1) is 28.4. The highest BCUT2D eigenvalue weighted by Crippen LogP contribution is 2.29. The Bertz CT molecular complexity index is 1560. The van der Waals surface area contributed by atoms with Crippen molar-refractivity contribution in [1.82, 2.24) is 5.43 Å². The smallest absolute Gasteiger partial charge is 0.264 e. The molecule has 0 spiro atoms. The number of nitrogens with zero attached hydrogens (tertiary/aromatic N) is 2. The number of ether oxygens (including phenoxy) is 2. The van der Waals surface area contributed by atoms with Crippen molar-refractivity contribution >= 4 is 27.8 Å². The van der Waals surface area contributed by atoms with Gasteiger partial charge in [0.2, 0.25) is 0 Å². The van der Waals surface area contributed by atoms with Crippen LogP contribution < -0.4 is 19.2 Å². The van der Waals surface area contributed by atoms with Crippen LogP contribution in [0.5, 0.6) is 11.5 Å². The summed E-state index contributed by atoms with van der Waals surface area (Å²) >= 11 is 0. The second-order valence-electron chi connectivity index (χ2n) is 8.87. The van der Waals surface area contributed by atoms with E-state index in [9.17, 15) is 13.2 Å². The maximum atomic E-state index is 13.4. The fourth-order valence-electron chi connectivity index (χ4n) is 3.89. The summed E-state index contributed by atoms with van der Waals surface area (Å²) in [7, 11) is -4.00. The van der Waals surface area contributed by atoms with Gasteiger partial charge in [-0.2, -0.15) is 5.10 Å². The molecular weight excluding hydrogens is 526 g/mol. The lowest BCUT2D eigenvalue weighted by molar-refractivity contribution is -0.119. The molecule has 0 radical (unpaired) electrons. The molecule has 0 saturated heterocycles. The molecule has 0 aliphatic carbocycles. The largest absolute Gasteiger partial charge is 0.490 e. The summed E-state index contributed by atoms with van der Waals surface area (Å²) in [6.07, 6.45) is 1.46. The molecule has 9 heteroatoms. The maximum Gasteiger partial charge on any atom is 0.264 e. The molecule has 0 fully saturated rings. The Kier molecular flexibility index (Phi) is 9.53. The number of anilines is 1. The van der Waals surface area contributed by atoms with Gasteiger partial charge in [-0.1, -0.05) is 60.7 Å². The minimum atomic E-state index is -4.00. The molecular formula is C31H31N3O5S. The Morgan fingerprint density at radius 2 is 1.60 bits per heavy atom. The Hall–Kier alpha value is -4.63. The lowest BCUT2D eigenvalue weighted by Crippen LogP contribution is -2.39. The second-order valence-corrected chi connectivity index (χ2v) is 10.7. The lowest BCUT2D eigenvalue weighted by Gasteiger charge is -2.24. The zero-order valence-corrected chi connectivity index (χ0v) is 23.2. The van der Waals surface area contributed by atoms with Crippen molar-refractivity contribution < 1.29 is 22.7 Å². The van der Waals surface area contributed by atoms with Gasteiger partial charge >= 0.3 is 0 Å². The van der Waals surface area contributed by atoms with E-state index in [2.05, 4.69) is 10.5 Å². The molecule has 40 heavy (non-hydrogen) atoms. The zero-order chi connectivity index (χ0) is 28.4. The number of hydrogen-bond acceptors (Lipinski definition) is 6. The first-order valence-corrected chi connectivity index (χ1v) is 14.2. The van der Waals surface area contributed by atoms with Gasteiger partial charge in [0.1, 0.15) is 13.2 Å². The molecule has 0 bridgehead atoms. The van der Waals surface area contributed by atoms with Crippen LogP contribution in [-0.2, 0) is 21.4 Å². The third-order valence-electron chi connectivity index (χ3n) is 5.82. The third-order valence-corrected chi connectivity index (χ3v) is 7.60. The van der Waals surface area contributed by atoms with Gasteiger partial charge in [-0.3, -0.25) is 9.10 Å². The Morgan fingerprint density at radius 3 is 2.30 bits per heavy atom. The quantitative estimate of drug-likeness (QED) is 0.188. The minimum absolute atomic E-state index is 0.0887. The van der Waals surface area contributed by atoms with Crippen molar-refractivity contribution in [3.05, 3.63) is 120 Å². The van der Waals surface area contributed by atoms with Crippen LogP contribution in [0.15, 0.2) is 113 Å². The molecule has 4 aromatic carbocycles. The predicted molar refractivity (Wildman–Crippen MR) is 156 cm³/mol. The van der Waals surface area contributed by atoms with Gasteiger partial charge in [0, 0.05) is 0 Å². The molecule has 1 amide bonds. The number of nitrogens with one attached hydrogen (secondary N) is 1. The van der Waals surface area contributed by atoms with E-state index in [0.29, 0.717) is 36.0 Å². The lowest BCUT2D eigenvalue weighted by atomic mass is 10.2. The average Bonchev–Trinajstić information content (AvgIpc) is 2.96. The number of hydrazone groups is 1. The Balaban J connectivity index is 1.46. The minimum Gasteiger partial charge on any atom is -0.490 e. The molecule has 0 heterocycles. The van der Waals surface area contributed by atoms with Crippen molar-refractivity contribution in [3.8, 4) is 11.5 Å². The number of benzene rings is 4. The Morgan fingerprint density at radius 1 is 0.875 bits per heavy atom. The van der Waals surface area contributed by atoms with Crippen molar-refractivity contribution in [2.24, 2.45) is 5.10 Å². The molecule has 4 aromatic rings. The SMILES string of the molecule is CCOc1cc(/C=N/NC(=O)CN(c2cccc(C)c2)S(=O)(=O)c2ccccc2)ccc1OCc1ccccc1. The van der Waals surface area contributed by atoms with Crippen LogP contribution >= 0.6 is 0 Å². The van der Waals surface area contributed by atoms with Gasteiger partial charge in [-0.05, 0) is 73.0 Å². The summed E-state index contributed by atoms with van der Waals surface area (Å²) in [5, 5.41) is 4.04. The van der Waals surface area contributed by atoms with E-state index in [-0.39, 0.29) is 4.90 Å². The molecule has 0 aromatic heterocycles. The van der Waals surface area contributed by atoms with Crippen molar-refractivity contribution in [1.29, 1.82) is 0 Å².